The second-order valence-corrected chi connectivity index (χ2v) is 5.16. The van der Waals surface area contributed by atoms with Gasteiger partial charge in [-0.15, -0.1) is 0 Å². The summed E-state index contributed by atoms with van der Waals surface area (Å²) in [4.78, 5) is 12.2. The van der Waals surface area contributed by atoms with Crippen molar-refractivity contribution in [3.8, 4) is 11.5 Å². The van der Waals surface area contributed by atoms with Crippen LogP contribution < -0.4 is 10.2 Å². The molecule has 5 nitrogen and oxygen atoms in total. The van der Waals surface area contributed by atoms with Gasteiger partial charge in [-0.05, 0) is 41.3 Å². The molecule has 3 aromatic carbocycles. The van der Waals surface area contributed by atoms with E-state index in [1.807, 2.05) is 30.3 Å². The molecule has 0 aromatic heterocycles. The Labute approximate surface area is 139 Å². The summed E-state index contributed by atoms with van der Waals surface area (Å²) >= 11 is 0. The van der Waals surface area contributed by atoms with Crippen molar-refractivity contribution in [2.24, 2.45) is 5.10 Å². The highest BCUT2D eigenvalue weighted by molar-refractivity contribution is 6.03. The van der Waals surface area contributed by atoms with E-state index < -0.39 is 5.91 Å². The van der Waals surface area contributed by atoms with Crippen molar-refractivity contribution >= 4 is 22.9 Å². The third-order valence-electron chi connectivity index (χ3n) is 3.64. The van der Waals surface area contributed by atoms with Gasteiger partial charge in [0.1, 0.15) is 11.5 Å². The first-order chi connectivity index (χ1) is 11.7. The van der Waals surface area contributed by atoms with Gasteiger partial charge >= 0.3 is 0 Å². The first kappa shape index (κ1) is 15.6. The van der Waals surface area contributed by atoms with Crippen molar-refractivity contribution in [1.29, 1.82) is 0 Å². The minimum atomic E-state index is -0.469. The zero-order valence-corrected chi connectivity index (χ0v) is 13.1. The molecule has 0 atom stereocenters. The number of fused-ring (bicyclic) bond motifs is 1. The number of nitrogens with zero attached hydrogens (tertiary/aromatic N) is 1. The Bertz CT molecular complexity index is 902. The van der Waals surface area contributed by atoms with Gasteiger partial charge in [-0.2, -0.15) is 5.10 Å². The summed E-state index contributed by atoms with van der Waals surface area (Å²) in [5.74, 6) is 0.227. The number of carbonyl (C=O) groups is 1. The Hall–Kier alpha value is -3.34. The molecule has 0 aliphatic carbocycles. The summed E-state index contributed by atoms with van der Waals surface area (Å²) < 4.78 is 5.08. The molecule has 0 spiro atoms. The van der Waals surface area contributed by atoms with Crippen molar-refractivity contribution < 1.29 is 14.6 Å². The number of phenolic OH excluding ortho intramolecular Hbond substituents is 1. The van der Waals surface area contributed by atoms with E-state index in [0.717, 1.165) is 16.7 Å². The van der Waals surface area contributed by atoms with E-state index in [0.29, 0.717) is 5.39 Å². The SMILES string of the molecule is COc1ccc(C=NNC(=O)c2ccc3ccccc3c2O)cc1. The van der Waals surface area contributed by atoms with E-state index in [1.54, 1.807) is 37.4 Å². The number of amides is 1. The minimum absolute atomic E-state index is 0.0507. The molecule has 0 aliphatic rings. The number of hydrogen-bond donors (Lipinski definition) is 2. The molecule has 0 fully saturated rings. The number of carbonyl (C=O) groups excluding carboxylic acids is 1. The summed E-state index contributed by atoms with van der Waals surface area (Å²) in [5.41, 5.74) is 3.42. The molecule has 2 N–H and O–H groups in total. The average Bonchev–Trinajstić information content (AvgIpc) is 2.62. The average molecular weight is 320 g/mol. The van der Waals surface area contributed by atoms with Crippen molar-refractivity contribution in [3.05, 3.63) is 71.8 Å². The molecule has 1 amide bonds. The molecule has 3 aromatic rings. The predicted octanol–water partition coefficient (Wildman–Crippen LogP) is 3.32. The summed E-state index contributed by atoms with van der Waals surface area (Å²) in [6.07, 6.45) is 1.52. The molecule has 120 valence electrons. The van der Waals surface area contributed by atoms with E-state index in [9.17, 15) is 9.90 Å². The van der Waals surface area contributed by atoms with Crippen LogP contribution in [0.5, 0.6) is 11.5 Å². The first-order valence-electron chi connectivity index (χ1n) is 7.37. The van der Waals surface area contributed by atoms with E-state index >= 15 is 0 Å². The molecule has 0 unspecified atom stereocenters. The molecule has 0 saturated heterocycles. The van der Waals surface area contributed by atoms with Gasteiger partial charge in [-0.1, -0.05) is 30.3 Å². The number of aromatic hydroxyl groups is 1. The van der Waals surface area contributed by atoms with Crippen LogP contribution in [0.4, 0.5) is 0 Å². The highest BCUT2D eigenvalue weighted by atomic mass is 16.5. The van der Waals surface area contributed by atoms with Gasteiger partial charge in [0.2, 0.25) is 0 Å². The van der Waals surface area contributed by atoms with Gasteiger partial charge in [0.15, 0.2) is 0 Å². The second-order valence-electron chi connectivity index (χ2n) is 5.16. The van der Waals surface area contributed by atoms with Crippen molar-refractivity contribution in [2.45, 2.75) is 0 Å². The normalized spacial score (nSPS) is 10.9. The van der Waals surface area contributed by atoms with Gasteiger partial charge in [0, 0.05) is 5.39 Å². The van der Waals surface area contributed by atoms with Crippen LogP contribution in [0.2, 0.25) is 0 Å². The Morgan fingerprint density at radius 2 is 1.83 bits per heavy atom. The Kier molecular flexibility index (Phi) is 4.43. The standard InChI is InChI=1S/C19H16N2O3/c1-24-15-9-6-13(7-10-15)12-20-21-19(23)17-11-8-14-4-2-3-5-16(14)18(17)22/h2-12,22H,1H3,(H,21,23). The zero-order valence-electron chi connectivity index (χ0n) is 13.1. The van der Waals surface area contributed by atoms with Gasteiger partial charge in [0.25, 0.3) is 5.91 Å². The van der Waals surface area contributed by atoms with Crippen LogP contribution >= 0.6 is 0 Å². The summed E-state index contributed by atoms with van der Waals surface area (Å²) in [7, 11) is 1.60. The Morgan fingerprint density at radius 3 is 2.58 bits per heavy atom. The number of rotatable bonds is 4. The molecular weight excluding hydrogens is 304 g/mol. The monoisotopic (exact) mass is 320 g/mol. The highest BCUT2D eigenvalue weighted by Crippen LogP contribution is 2.28. The second kappa shape index (κ2) is 6.83. The Morgan fingerprint density at radius 1 is 1.08 bits per heavy atom. The van der Waals surface area contributed by atoms with Gasteiger partial charge in [-0.3, -0.25) is 4.79 Å². The molecule has 0 aliphatic heterocycles. The van der Waals surface area contributed by atoms with Crippen molar-refractivity contribution in [3.63, 3.8) is 0 Å². The van der Waals surface area contributed by atoms with Crippen LogP contribution in [0.3, 0.4) is 0 Å². The summed E-state index contributed by atoms with van der Waals surface area (Å²) in [5, 5.41) is 15.7. The quantitative estimate of drug-likeness (QED) is 0.572. The van der Waals surface area contributed by atoms with Crippen LogP contribution in [-0.2, 0) is 0 Å². The maximum Gasteiger partial charge on any atom is 0.275 e. The highest BCUT2D eigenvalue weighted by Gasteiger charge is 2.12. The molecular formula is C19H16N2O3. The zero-order chi connectivity index (χ0) is 16.9. The maximum absolute atomic E-state index is 12.2. The van der Waals surface area contributed by atoms with E-state index in [1.165, 1.54) is 6.21 Å². The number of methoxy groups -OCH3 is 1. The largest absolute Gasteiger partial charge is 0.506 e. The third kappa shape index (κ3) is 3.20. The number of nitrogens with one attached hydrogen (secondary N) is 1. The number of hydrogen-bond acceptors (Lipinski definition) is 4. The lowest BCUT2D eigenvalue weighted by Gasteiger charge is -2.06. The molecule has 5 heteroatoms. The molecule has 3 rings (SSSR count). The predicted molar refractivity (Wildman–Crippen MR) is 93.7 cm³/mol. The fourth-order valence-corrected chi connectivity index (χ4v) is 2.35. The number of ether oxygens (including phenoxy) is 1. The van der Waals surface area contributed by atoms with Crippen molar-refractivity contribution in [2.75, 3.05) is 7.11 Å². The van der Waals surface area contributed by atoms with Crippen LogP contribution in [0.1, 0.15) is 15.9 Å². The number of phenols is 1. The Balaban J connectivity index is 1.75. The van der Waals surface area contributed by atoms with Crippen LogP contribution in [0.15, 0.2) is 65.8 Å². The van der Waals surface area contributed by atoms with Crippen LogP contribution in [0, 0.1) is 0 Å². The summed E-state index contributed by atoms with van der Waals surface area (Å²) in [6.45, 7) is 0. The molecule has 0 bridgehead atoms. The smallest absolute Gasteiger partial charge is 0.275 e. The van der Waals surface area contributed by atoms with Crippen LogP contribution in [-0.4, -0.2) is 24.3 Å². The van der Waals surface area contributed by atoms with E-state index in [2.05, 4.69) is 10.5 Å². The lowest BCUT2D eigenvalue weighted by atomic mass is 10.1. The van der Waals surface area contributed by atoms with Gasteiger partial charge in [0.05, 0.1) is 18.9 Å². The number of benzene rings is 3. The summed E-state index contributed by atoms with van der Waals surface area (Å²) in [6, 6.07) is 17.9. The number of hydrazone groups is 1. The molecule has 0 radical (unpaired) electrons. The first-order valence-corrected chi connectivity index (χ1v) is 7.37. The fourth-order valence-electron chi connectivity index (χ4n) is 2.35. The minimum Gasteiger partial charge on any atom is -0.506 e. The third-order valence-corrected chi connectivity index (χ3v) is 3.64. The van der Waals surface area contributed by atoms with Gasteiger partial charge in [-0.25, -0.2) is 5.43 Å². The maximum atomic E-state index is 12.2. The molecule has 24 heavy (non-hydrogen) atoms. The van der Waals surface area contributed by atoms with E-state index in [-0.39, 0.29) is 11.3 Å². The van der Waals surface area contributed by atoms with Crippen LogP contribution in [0.25, 0.3) is 10.8 Å². The van der Waals surface area contributed by atoms with Gasteiger partial charge < -0.3 is 9.84 Å². The molecule has 0 heterocycles. The van der Waals surface area contributed by atoms with E-state index in [4.69, 9.17) is 4.74 Å². The van der Waals surface area contributed by atoms with Crippen molar-refractivity contribution in [1.82, 2.24) is 5.43 Å². The lowest BCUT2D eigenvalue weighted by Crippen LogP contribution is -2.17. The fraction of sp³-hybridized carbons (Fsp3) is 0.0526. The topological polar surface area (TPSA) is 70.9 Å². The lowest BCUT2D eigenvalue weighted by molar-refractivity contribution is 0.0952. The molecule has 0 saturated carbocycles.